The van der Waals surface area contributed by atoms with Gasteiger partial charge >= 0.3 is 5.97 Å². The summed E-state index contributed by atoms with van der Waals surface area (Å²) in [5.74, 6) is -1.11. The highest BCUT2D eigenvalue weighted by molar-refractivity contribution is 5.82. The first-order valence-electron chi connectivity index (χ1n) is 6.47. The van der Waals surface area contributed by atoms with Gasteiger partial charge < -0.3 is 14.9 Å². The first-order valence-corrected chi connectivity index (χ1v) is 6.47. The Morgan fingerprint density at radius 3 is 2.11 bits per heavy atom. The monoisotopic (exact) mass is 266 g/mol. The van der Waals surface area contributed by atoms with Gasteiger partial charge in [-0.3, -0.25) is 0 Å². The molecule has 0 radical (unpaired) electrons. The topological polar surface area (TPSA) is 66.8 Å². The van der Waals surface area contributed by atoms with Crippen molar-refractivity contribution in [2.45, 2.75) is 45.5 Å². The zero-order valence-corrected chi connectivity index (χ0v) is 11.8. The summed E-state index contributed by atoms with van der Waals surface area (Å²) in [5, 5.41) is 20.9. The molecule has 2 N–H and O–H groups in total. The molecule has 0 unspecified atom stereocenters. The molecule has 19 heavy (non-hydrogen) atoms. The Morgan fingerprint density at radius 2 is 1.68 bits per heavy atom. The molecular weight excluding hydrogens is 244 g/mol. The molecule has 0 bridgehead atoms. The van der Waals surface area contributed by atoms with Crippen LogP contribution >= 0.6 is 0 Å². The summed E-state index contributed by atoms with van der Waals surface area (Å²) in [4.78, 5) is 12.2. The first-order chi connectivity index (χ1) is 8.80. The van der Waals surface area contributed by atoms with Crippen molar-refractivity contribution in [3.63, 3.8) is 0 Å². The number of esters is 1. The maximum atomic E-state index is 12.2. The Morgan fingerprint density at radius 1 is 1.16 bits per heavy atom. The molecule has 4 heteroatoms. The maximum Gasteiger partial charge on any atom is 0.345 e. The summed E-state index contributed by atoms with van der Waals surface area (Å²) in [6, 6.07) is 8.39. The van der Waals surface area contributed by atoms with E-state index in [1.165, 1.54) is 0 Å². The molecule has 0 amide bonds. The molecule has 0 fully saturated rings. The van der Waals surface area contributed by atoms with E-state index in [1.807, 2.05) is 0 Å². The molecule has 2 atom stereocenters. The minimum Gasteiger partial charge on any atom is -0.461 e. The standard InChI is InChI=1S/C15H22O4/c1-10(2)13(16)15(18,14(17)19-11(3)4)12-8-6-5-7-9-12/h5-11,13,16,18H,1-4H3/t13-,15+/m1/s1. The van der Waals surface area contributed by atoms with E-state index in [2.05, 4.69) is 0 Å². The highest BCUT2D eigenvalue weighted by atomic mass is 16.6. The van der Waals surface area contributed by atoms with Crippen LogP contribution < -0.4 is 0 Å². The lowest BCUT2D eigenvalue weighted by atomic mass is 9.82. The van der Waals surface area contributed by atoms with Gasteiger partial charge in [-0.2, -0.15) is 0 Å². The van der Waals surface area contributed by atoms with Crippen LogP contribution in [0.3, 0.4) is 0 Å². The van der Waals surface area contributed by atoms with Gasteiger partial charge in [-0.05, 0) is 25.3 Å². The maximum absolute atomic E-state index is 12.2. The van der Waals surface area contributed by atoms with E-state index in [4.69, 9.17) is 4.74 Å². The predicted octanol–water partition coefficient (Wildman–Crippen LogP) is 1.84. The second-order valence-electron chi connectivity index (χ2n) is 5.28. The molecule has 0 heterocycles. The summed E-state index contributed by atoms with van der Waals surface area (Å²) in [6.07, 6.45) is -1.59. The van der Waals surface area contributed by atoms with Crippen molar-refractivity contribution in [1.82, 2.24) is 0 Å². The Kier molecular flexibility index (Phi) is 5.09. The van der Waals surface area contributed by atoms with Crippen molar-refractivity contribution < 1.29 is 19.7 Å². The minimum absolute atomic E-state index is 0.287. The van der Waals surface area contributed by atoms with E-state index in [9.17, 15) is 15.0 Å². The highest BCUT2D eigenvalue weighted by Gasteiger charge is 2.48. The van der Waals surface area contributed by atoms with Crippen molar-refractivity contribution >= 4 is 5.97 Å². The molecule has 1 rings (SSSR count). The van der Waals surface area contributed by atoms with Crippen molar-refractivity contribution in [2.24, 2.45) is 5.92 Å². The zero-order valence-electron chi connectivity index (χ0n) is 11.8. The van der Waals surface area contributed by atoms with Gasteiger partial charge in [0.2, 0.25) is 5.60 Å². The van der Waals surface area contributed by atoms with Crippen molar-refractivity contribution in [1.29, 1.82) is 0 Å². The third-order valence-electron chi connectivity index (χ3n) is 2.93. The van der Waals surface area contributed by atoms with Gasteiger partial charge in [0.25, 0.3) is 0 Å². The fourth-order valence-electron chi connectivity index (χ4n) is 1.89. The van der Waals surface area contributed by atoms with E-state index in [-0.39, 0.29) is 12.0 Å². The van der Waals surface area contributed by atoms with E-state index < -0.39 is 17.7 Å². The molecule has 106 valence electrons. The van der Waals surface area contributed by atoms with Crippen LogP contribution in [0.2, 0.25) is 0 Å². The second kappa shape index (κ2) is 6.17. The average molecular weight is 266 g/mol. The molecule has 0 aromatic heterocycles. The lowest BCUT2D eigenvalue weighted by molar-refractivity contribution is -0.188. The van der Waals surface area contributed by atoms with Crippen LogP contribution in [0.25, 0.3) is 0 Å². The van der Waals surface area contributed by atoms with Crippen molar-refractivity contribution in [2.75, 3.05) is 0 Å². The molecule has 4 nitrogen and oxygen atoms in total. The van der Waals surface area contributed by atoms with Crippen LogP contribution in [0.15, 0.2) is 30.3 Å². The third-order valence-corrected chi connectivity index (χ3v) is 2.93. The molecule has 1 aromatic carbocycles. The van der Waals surface area contributed by atoms with E-state index in [0.29, 0.717) is 5.56 Å². The molecule has 0 aliphatic heterocycles. The van der Waals surface area contributed by atoms with E-state index in [0.717, 1.165) is 0 Å². The zero-order chi connectivity index (χ0) is 14.6. The fourth-order valence-corrected chi connectivity index (χ4v) is 1.89. The minimum atomic E-state index is -2.04. The summed E-state index contributed by atoms with van der Waals surface area (Å²) in [6.45, 7) is 6.87. The van der Waals surface area contributed by atoms with Crippen LogP contribution in [0.5, 0.6) is 0 Å². The van der Waals surface area contributed by atoms with E-state index in [1.54, 1.807) is 58.0 Å². The number of ether oxygens (including phenoxy) is 1. The number of rotatable bonds is 5. The second-order valence-corrected chi connectivity index (χ2v) is 5.28. The number of hydrogen-bond acceptors (Lipinski definition) is 4. The molecule has 0 aliphatic rings. The number of carbonyl (C=O) groups is 1. The summed E-state index contributed by atoms with van der Waals surface area (Å²) >= 11 is 0. The number of aliphatic hydroxyl groups excluding tert-OH is 1. The first kappa shape index (κ1) is 15.7. The van der Waals surface area contributed by atoms with Crippen molar-refractivity contribution in [3.05, 3.63) is 35.9 Å². The number of benzene rings is 1. The number of aliphatic hydroxyl groups is 2. The van der Waals surface area contributed by atoms with Gasteiger partial charge in [-0.15, -0.1) is 0 Å². The Balaban J connectivity index is 3.21. The molecular formula is C15H22O4. The quantitative estimate of drug-likeness (QED) is 0.798. The van der Waals surface area contributed by atoms with Gasteiger partial charge in [0, 0.05) is 0 Å². The summed E-state index contributed by atoms with van der Waals surface area (Å²) in [5.41, 5.74) is -1.71. The average Bonchev–Trinajstić information content (AvgIpc) is 2.36. The van der Waals surface area contributed by atoms with Crippen LogP contribution in [0.1, 0.15) is 33.3 Å². The normalized spacial score (nSPS) is 16.2. The fraction of sp³-hybridized carbons (Fsp3) is 0.533. The summed E-state index contributed by atoms with van der Waals surface area (Å²) < 4.78 is 5.09. The molecule has 1 aromatic rings. The van der Waals surface area contributed by atoms with Crippen LogP contribution in [0, 0.1) is 5.92 Å². The van der Waals surface area contributed by atoms with Gasteiger partial charge in [-0.1, -0.05) is 44.2 Å². The third kappa shape index (κ3) is 3.33. The van der Waals surface area contributed by atoms with Crippen LogP contribution in [-0.4, -0.2) is 28.4 Å². The molecule has 0 aliphatic carbocycles. The number of hydrogen-bond donors (Lipinski definition) is 2. The SMILES string of the molecule is CC(C)OC(=O)[C@](O)(c1ccccc1)[C@H](O)C(C)C. The Labute approximate surface area is 114 Å². The molecule has 0 spiro atoms. The Hall–Kier alpha value is -1.39. The van der Waals surface area contributed by atoms with Crippen LogP contribution in [-0.2, 0) is 15.1 Å². The summed E-state index contributed by atoms with van der Waals surface area (Å²) in [7, 11) is 0. The lowest BCUT2D eigenvalue weighted by Gasteiger charge is -2.33. The smallest absolute Gasteiger partial charge is 0.345 e. The number of carbonyl (C=O) groups excluding carboxylic acids is 1. The van der Waals surface area contributed by atoms with Gasteiger partial charge in [-0.25, -0.2) is 4.79 Å². The molecule has 0 saturated carbocycles. The predicted molar refractivity (Wildman–Crippen MR) is 72.4 cm³/mol. The van der Waals surface area contributed by atoms with Crippen molar-refractivity contribution in [3.8, 4) is 0 Å². The van der Waals surface area contributed by atoms with E-state index >= 15 is 0 Å². The highest BCUT2D eigenvalue weighted by Crippen LogP contribution is 2.31. The molecule has 0 saturated heterocycles. The Bertz CT molecular complexity index is 413. The van der Waals surface area contributed by atoms with Crippen LogP contribution in [0.4, 0.5) is 0 Å². The lowest BCUT2D eigenvalue weighted by Crippen LogP contribution is -2.50. The van der Waals surface area contributed by atoms with Gasteiger partial charge in [0.15, 0.2) is 0 Å². The largest absolute Gasteiger partial charge is 0.461 e. The van der Waals surface area contributed by atoms with Gasteiger partial charge in [0.1, 0.15) is 6.10 Å². The van der Waals surface area contributed by atoms with Gasteiger partial charge in [0.05, 0.1) is 6.10 Å².